The van der Waals surface area contributed by atoms with Crippen LogP contribution in [0.25, 0.3) is 0 Å². The Bertz CT molecular complexity index is 449. The van der Waals surface area contributed by atoms with Gasteiger partial charge in [-0.3, -0.25) is 0 Å². The molecule has 92 valence electrons. The van der Waals surface area contributed by atoms with E-state index < -0.39 is 6.03 Å². The Morgan fingerprint density at radius 1 is 1.71 bits per heavy atom. The number of carbonyl (C=O) groups excluding carboxylic acids is 1. The van der Waals surface area contributed by atoms with Gasteiger partial charge >= 0.3 is 6.03 Å². The molecule has 0 radical (unpaired) electrons. The molecule has 0 bridgehead atoms. The molecule has 2 amide bonds. The monoisotopic (exact) mass is 257 g/mol. The number of nitrogens with zero attached hydrogens (tertiary/aromatic N) is 1. The van der Waals surface area contributed by atoms with Crippen molar-refractivity contribution in [2.75, 3.05) is 6.61 Å². The van der Waals surface area contributed by atoms with Gasteiger partial charge in [0, 0.05) is 0 Å². The summed E-state index contributed by atoms with van der Waals surface area (Å²) in [6, 6.07) is 2.25. The quantitative estimate of drug-likeness (QED) is 0.562. The molecule has 0 fully saturated rings. The van der Waals surface area contributed by atoms with Gasteiger partial charge in [0.1, 0.15) is 0 Å². The highest BCUT2D eigenvalue weighted by Gasteiger charge is 2.08. The molecule has 1 aromatic carbocycles. The summed E-state index contributed by atoms with van der Waals surface area (Å²) < 4.78 is 5.18. The van der Waals surface area contributed by atoms with Gasteiger partial charge in [-0.05, 0) is 24.6 Å². The van der Waals surface area contributed by atoms with E-state index in [1.54, 1.807) is 6.92 Å². The summed E-state index contributed by atoms with van der Waals surface area (Å²) >= 11 is 5.79. The fraction of sp³-hybridized carbons (Fsp3) is 0.200. The summed E-state index contributed by atoms with van der Waals surface area (Å²) in [7, 11) is 0. The first-order chi connectivity index (χ1) is 8.04. The predicted octanol–water partition coefficient (Wildman–Crippen LogP) is 1.45. The molecule has 0 aliphatic heterocycles. The van der Waals surface area contributed by atoms with Gasteiger partial charge in [0.2, 0.25) is 0 Å². The van der Waals surface area contributed by atoms with Gasteiger partial charge in [-0.1, -0.05) is 11.6 Å². The zero-order chi connectivity index (χ0) is 12.8. The first-order valence-electron chi connectivity index (χ1n) is 4.78. The number of nitrogens with two attached hydrogens (primary N) is 1. The van der Waals surface area contributed by atoms with E-state index in [0.717, 1.165) is 0 Å². The van der Waals surface area contributed by atoms with Gasteiger partial charge in [0.05, 0.1) is 17.8 Å². The molecule has 0 spiro atoms. The van der Waals surface area contributed by atoms with Gasteiger partial charge in [-0.2, -0.15) is 5.10 Å². The summed E-state index contributed by atoms with van der Waals surface area (Å²) in [5.41, 5.74) is 7.44. The van der Waals surface area contributed by atoms with E-state index in [1.807, 2.05) is 5.43 Å². The Hall–Kier alpha value is -1.95. The molecule has 0 aliphatic rings. The van der Waals surface area contributed by atoms with Crippen molar-refractivity contribution in [1.29, 1.82) is 0 Å². The summed E-state index contributed by atoms with van der Waals surface area (Å²) in [5.74, 6) is 0.119. The van der Waals surface area contributed by atoms with Gasteiger partial charge < -0.3 is 15.6 Å². The molecule has 1 rings (SSSR count). The van der Waals surface area contributed by atoms with E-state index in [1.165, 1.54) is 18.3 Å². The highest BCUT2D eigenvalue weighted by Crippen LogP contribution is 2.34. The second kappa shape index (κ2) is 5.95. The third-order valence-corrected chi connectivity index (χ3v) is 2.03. The summed E-state index contributed by atoms with van der Waals surface area (Å²) in [5, 5.41) is 13.3. The van der Waals surface area contributed by atoms with Crippen LogP contribution in [0.4, 0.5) is 4.79 Å². The van der Waals surface area contributed by atoms with E-state index in [-0.39, 0.29) is 16.5 Å². The number of carbonyl (C=O) groups is 1. The number of nitrogens with one attached hydrogen (secondary N) is 1. The number of phenols is 1. The molecule has 0 aromatic heterocycles. The molecule has 0 unspecified atom stereocenters. The molecule has 1 aromatic rings. The van der Waals surface area contributed by atoms with E-state index >= 15 is 0 Å². The Kier molecular flexibility index (Phi) is 4.59. The smallest absolute Gasteiger partial charge is 0.332 e. The van der Waals surface area contributed by atoms with Crippen molar-refractivity contribution < 1.29 is 14.6 Å². The molecule has 0 saturated heterocycles. The van der Waals surface area contributed by atoms with Crippen molar-refractivity contribution in [2.45, 2.75) is 6.92 Å². The number of aromatic hydroxyl groups is 1. The summed E-state index contributed by atoms with van der Waals surface area (Å²) in [6.07, 6.45) is 1.33. The molecule has 17 heavy (non-hydrogen) atoms. The van der Waals surface area contributed by atoms with Gasteiger partial charge in [0.15, 0.2) is 11.5 Å². The number of ether oxygens (including phenoxy) is 1. The van der Waals surface area contributed by atoms with E-state index in [4.69, 9.17) is 22.1 Å². The van der Waals surface area contributed by atoms with Crippen molar-refractivity contribution in [1.82, 2.24) is 5.43 Å². The number of hydrogen-bond acceptors (Lipinski definition) is 4. The van der Waals surface area contributed by atoms with Gasteiger partial charge in [0.25, 0.3) is 0 Å². The number of halogens is 1. The number of phenolic OH excluding ortho intramolecular Hbond substituents is 1. The molecule has 4 N–H and O–H groups in total. The van der Waals surface area contributed by atoms with Crippen LogP contribution in [0.1, 0.15) is 12.5 Å². The zero-order valence-corrected chi connectivity index (χ0v) is 9.86. The van der Waals surface area contributed by atoms with E-state index in [9.17, 15) is 9.90 Å². The maximum Gasteiger partial charge on any atom is 0.332 e. The maximum absolute atomic E-state index is 10.4. The fourth-order valence-corrected chi connectivity index (χ4v) is 1.32. The van der Waals surface area contributed by atoms with Crippen LogP contribution in [-0.2, 0) is 0 Å². The van der Waals surface area contributed by atoms with Crippen LogP contribution >= 0.6 is 11.6 Å². The normalized spacial score (nSPS) is 10.5. The van der Waals surface area contributed by atoms with E-state index in [2.05, 4.69) is 5.10 Å². The van der Waals surface area contributed by atoms with Crippen molar-refractivity contribution in [2.24, 2.45) is 10.8 Å². The average Bonchev–Trinajstić information content (AvgIpc) is 2.25. The van der Waals surface area contributed by atoms with Crippen LogP contribution in [0.15, 0.2) is 17.2 Å². The number of rotatable bonds is 4. The second-order valence-electron chi connectivity index (χ2n) is 3.02. The van der Waals surface area contributed by atoms with Crippen molar-refractivity contribution in [3.05, 3.63) is 22.7 Å². The molecule has 0 saturated carbocycles. The summed E-state index contributed by atoms with van der Waals surface area (Å²) in [4.78, 5) is 10.4. The number of hydrazone groups is 1. The zero-order valence-electron chi connectivity index (χ0n) is 9.11. The lowest BCUT2D eigenvalue weighted by molar-refractivity contribution is 0.249. The largest absolute Gasteiger partial charge is 0.503 e. The molecular weight excluding hydrogens is 246 g/mol. The number of benzene rings is 1. The first kappa shape index (κ1) is 13.1. The Morgan fingerprint density at radius 2 is 2.41 bits per heavy atom. The minimum Gasteiger partial charge on any atom is -0.503 e. The molecule has 0 atom stereocenters. The first-order valence-corrected chi connectivity index (χ1v) is 5.16. The number of hydrogen-bond donors (Lipinski definition) is 3. The Balaban J connectivity index is 2.93. The topological polar surface area (TPSA) is 96.9 Å². The molecule has 6 nitrogen and oxygen atoms in total. The van der Waals surface area contributed by atoms with Crippen molar-refractivity contribution in [3.63, 3.8) is 0 Å². The number of amides is 2. The maximum atomic E-state index is 10.4. The standard InChI is InChI=1S/C10H12ClN3O3/c1-2-17-8-4-6(3-7(11)9(8)15)5-13-14-10(12)16/h3-5,15H,2H2,1H3,(H3,12,14,16)/b13-5+. The molecule has 0 heterocycles. The SMILES string of the molecule is CCOc1cc(/C=N/NC(N)=O)cc(Cl)c1O. The van der Waals surface area contributed by atoms with Gasteiger partial charge in [-0.25, -0.2) is 10.2 Å². The lowest BCUT2D eigenvalue weighted by atomic mass is 10.2. The van der Waals surface area contributed by atoms with Crippen LogP contribution in [0, 0.1) is 0 Å². The van der Waals surface area contributed by atoms with Crippen molar-refractivity contribution >= 4 is 23.8 Å². The van der Waals surface area contributed by atoms with Crippen LogP contribution in [0.2, 0.25) is 5.02 Å². The minimum absolute atomic E-state index is 0.131. The molecule has 0 aliphatic carbocycles. The summed E-state index contributed by atoms with van der Waals surface area (Å²) in [6.45, 7) is 2.17. The van der Waals surface area contributed by atoms with Crippen molar-refractivity contribution in [3.8, 4) is 11.5 Å². The van der Waals surface area contributed by atoms with Crippen LogP contribution in [0.5, 0.6) is 11.5 Å². The van der Waals surface area contributed by atoms with Crippen LogP contribution in [0.3, 0.4) is 0 Å². The Labute approximate surface area is 103 Å². The Morgan fingerprint density at radius 3 is 3.00 bits per heavy atom. The fourth-order valence-electron chi connectivity index (χ4n) is 1.10. The molecular formula is C10H12ClN3O3. The van der Waals surface area contributed by atoms with Gasteiger partial charge in [-0.15, -0.1) is 0 Å². The van der Waals surface area contributed by atoms with E-state index in [0.29, 0.717) is 12.2 Å². The average molecular weight is 258 g/mol. The lowest BCUT2D eigenvalue weighted by Gasteiger charge is -2.07. The van der Waals surface area contributed by atoms with Crippen LogP contribution < -0.4 is 15.9 Å². The minimum atomic E-state index is -0.767. The van der Waals surface area contributed by atoms with Crippen LogP contribution in [-0.4, -0.2) is 24.0 Å². The highest BCUT2D eigenvalue weighted by molar-refractivity contribution is 6.32. The third-order valence-electron chi connectivity index (χ3n) is 1.74. The lowest BCUT2D eigenvalue weighted by Crippen LogP contribution is -2.24. The highest BCUT2D eigenvalue weighted by atomic mass is 35.5. The number of urea groups is 1. The molecule has 7 heteroatoms. The number of primary amides is 1. The predicted molar refractivity (Wildman–Crippen MR) is 64.6 cm³/mol. The third kappa shape index (κ3) is 3.84. The second-order valence-corrected chi connectivity index (χ2v) is 3.42.